The second kappa shape index (κ2) is 10.5. The van der Waals surface area contributed by atoms with Gasteiger partial charge in [0.05, 0.1) is 26.0 Å². The maximum Gasteiger partial charge on any atom is 0.334 e. The average molecular weight is 321 g/mol. The Labute approximate surface area is 125 Å². The zero-order valence-electron chi connectivity index (χ0n) is 13.0. The summed E-state index contributed by atoms with van der Waals surface area (Å²) in [6, 6.07) is -0.917. The van der Waals surface area contributed by atoms with Crippen LogP contribution in [0.25, 0.3) is 0 Å². The largest absolute Gasteiger partial charge is 0.464 e. The van der Waals surface area contributed by atoms with E-state index in [1.807, 2.05) is 0 Å². The molecule has 0 fully saturated rings. The van der Waals surface area contributed by atoms with Crippen LogP contribution < -0.4 is 5.32 Å². The Morgan fingerprint density at radius 2 is 1.76 bits per heavy atom. The molecule has 0 aliphatic rings. The zero-order valence-corrected chi connectivity index (χ0v) is 13.9. The number of esters is 1. The molecule has 0 heterocycles. The second-order valence-electron chi connectivity index (χ2n) is 4.13. The third kappa shape index (κ3) is 7.99. The Morgan fingerprint density at radius 1 is 1.19 bits per heavy atom. The summed E-state index contributed by atoms with van der Waals surface area (Å²) >= 11 is 0. The van der Waals surface area contributed by atoms with Crippen molar-refractivity contribution in [3.8, 4) is 0 Å². The fraction of sp³-hybridized carbons (Fsp3) is 0.692. The maximum atomic E-state index is 12.4. The molecule has 21 heavy (non-hydrogen) atoms. The molecule has 0 unspecified atom stereocenters. The molecule has 8 heteroatoms. The Kier molecular flexibility index (Phi) is 9.95. The van der Waals surface area contributed by atoms with Crippen molar-refractivity contribution in [1.82, 2.24) is 5.32 Å². The summed E-state index contributed by atoms with van der Waals surface area (Å²) < 4.78 is 27.6. The average Bonchev–Trinajstić information content (AvgIpc) is 2.38. The first kappa shape index (κ1) is 19.8. The van der Waals surface area contributed by atoms with Crippen LogP contribution in [0.15, 0.2) is 11.6 Å². The van der Waals surface area contributed by atoms with Crippen LogP contribution in [0, 0.1) is 0 Å². The Hall–Kier alpha value is -1.17. The van der Waals surface area contributed by atoms with Gasteiger partial charge in [0, 0.05) is 0 Å². The highest BCUT2D eigenvalue weighted by Crippen LogP contribution is 2.49. The second-order valence-corrected chi connectivity index (χ2v) is 6.19. The quantitative estimate of drug-likeness (QED) is 0.270. The van der Waals surface area contributed by atoms with Gasteiger partial charge in [0.25, 0.3) is 0 Å². The van der Waals surface area contributed by atoms with E-state index in [4.69, 9.17) is 13.8 Å². The first-order chi connectivity index (χ1) is 9.92. The monoisotopic (exact) mass is 321 g/mol. The van der Waals surface area contributed by atoms with Crippen LogP contribution in [-0.4, -0.2) is 44.4 Å². The van der Waals surface area contributed by atoms with Gasteiger partial charge < -0.3 is 19.1 Å². The summed E-state index contributed by atoms with van der Waals surface area (Å²) in [7, 11) is -3.23. The highest BCUT2D eigenvalue weighted by atomic mass is 31.2. The number of nitrogens with one attached hydrogen (secondary N) is 1. The van der Waals surface area contributed by atoms with E-state index < -0.39 is 19.6 Å². The lowest BCUT2D eigenvalue weighted by Gasteiger charge is -2.18. The van der Waals surface area contributed by atoms with E-state index in [1.165, 1.54) is 6.08 Å². The minimum absolute atomic E-state index is 0.0467. The van der Waals surface area contributed by atoms with Gasteiger partial charge in [-0.1, -0.05) is 11.6 Å². The van der Waals surface area contributed by atoms with Crippen LogP contribution in [0.5, 0.6) is 0 Å². The standard InChI is InChI=1S/C13H24NO6P/c1-5-18-13(16)12(14-10-15)8-11(4)9-21(17,19-6-2)20-7-3/h8,10,12H,5-7,9H2,1-4H3,(H,14,15)/b11-8+/t12-/m1/s1. The van der Waals surface area contributed by atoms with Crippen LogP contribution in [0.3, 0.4) is 0 Å². The number of ether oxygens (including phenoxy) is 1. The van der Waals surface area contributed by atoms with Gasteiger partial charge >= 0.3 is 13.6 Å². The molecule has 0 saturated carbocycles. The third-order valence-electron chi connectivity index (χ3n) is 2.33. The van der Waals surface area contributed by atoms with Gasteiger partial charge in [0.1, 0.15) is 6.04 Å². The molecule has 1 amide bonds. The number of allylic oxidation sites excluding steroid dienone is 1. The molecule has 0 aromatic carbocycles. The number of carbonyl (C=O) groups excluding carboxylic acids is 2. The molecule has 0 spiro atoms. The lowest BCUT2D eigenvalue weighted by atomic mass is 10.2. The van der Waals surface area contributed by atoms with Gasteiger partial charge in [0.15, 0.2) is 0 Å². The summed E-state index contributed by atoms with van der Waals surface area (Å²) in [5.74, 6) is -0.577. The van der Waals surface area contributed by atoms with Gasteiger partial charge in [-0.2, -0.15) is 0 Å². The minimum Gasteiger partial charge on any atom is -0.464 e. The van der Waals surface area contributed by atoms with E-state index in [1.54, 1.807) is 27.7 Å². The predicted molar refractivity (Wildman–Crippen MR) is 79.1 cm³/mol. The van der Waals surface area contributed by atoms with Crippen molar-refractivity contribution in [2.75, 3.05) is 26.0 Å². The van der Waals surface area contributed by atoms with Crippen LogP contribution in [0.1, 0.15) is 27.7 Å². The van der Waals surface area contributed by atoms with Gasteiger partial charge in [-0.25, -0.2) is 4.79 Å². The minimum atomic E-state index is -3.23. The van der Waals surface area contributed by atoms with E-state index in [2.05, 4.69) is 5.32 Å². The maximum absolute atomic E-state index is 12.4. The fourth-order valence-electron chi connectivity index (χ4n) is 1.65. The molecule has 0 saturated heterocycles. The molecule has 1 atom stereocenters. The summed E-state index contributed by atoms with van der Waals surface area (Å²) in [5.41, 5.74) is 0.604. The molecule has 0 bridgehead atoms. The van der Waals surface area contributed by atoms with Crippen molar-refractivity contribution < 1.29 is 27.9 Å². The van der Waals surface area contributed by atoms with Crippen LogP contribution in [0.2, 0.25) is 0 Å². The SMILES string of the molecule is CCOC(=O)[C@@H](/C=C(\C)CP(=O)(OCC)OCC)NC=O. The van der Waals surface area contributed by atoms with E-state index in [0.717, 1.165) is 0 Å². The van der Waals surface area contributed by atoms with Crippen molar-refractivity contribution >= 4 is 20.0 Å². The van der Waals surface area contributed by atoms with E-state index in [0.29, 0.717) is 12.0 Å². The van der Waals surface area contributed by atoms with E-state index in [-0.39, 0.29) is 26.0 Å². The molecule has 0 aromatic heterocycles. The molecule has 0 aliphatic heterocycles. The molecular weight excluding hydrogens is 297 g/mol. The Balaban J connectivity index is 4.97. The molecule has 0 aromatic rings. The summed E-state index contributed by atoms with van der Waals surface area (Å²) in [5, 5.41) is 2.35. The van der Waals surface area contributed by atoms with Crippen molar-refractivity contribution in [2.24, 2.45) is 0 Å². The third-order valence-corrected chi connectivity index (χ3v) is 4.52. The van der Waals surface area contributed by atoms with Gasteiger partial charge in [0.2, 0.25) is 6.41 Å². The van der Waals surface area contributed by atoms with Crippen molar-refractivity contribution in [3.63, 3.8) is 0 Å². The van der Waals surface area contributed by atoms with E-state index in [9.17, 15) is 14.2 Å². The topological polar surface area (TPSA) is 90.9 Å². The summed E-state index contributed by atoms with van der Waals surface area (Å²) in [4.78, 5) is 22.2. The number of carbonyl (C=O) groups is 2. The molecule has 122 valence electrons. The van der Waals surface area contributed by atoms with Crippen LogP contribution in [-0.2, 0) is 27.9 Å². The van der Waals surface area contributed by atoms with Crippen LogP contribution in [0.4, 0.5) is 0 Å². The van der Waals surface area contributed by atoms with Gasteiger partial charge in [-0.05, 0) is 27.7 Å². The highest BCUT2D eigenvalue weighted by Gasteiger charge is 2.25. The van der Waals surface area contributed by atoms with Crippen molar-refractivity contribution in [3.05, 3.63) is 11.6 Å². The molecule has 0 radical (unpaired) electrons. The van der Waals surface area contributed by atoms with Gasteiger partial charge in [-0.3, -0.25) is 9.36 Å². The fourth-order valence-corrected chi connectivity index (χ4v) is 3.41. The van der Waals surface area contributed by atoms with Crippen molar-refractivity contribution in [1.29, 1.82) is 0 Å². The van der Waals surface area contributed by atoms with Crippen molar-refractivity contribution in [2.45, 2.75) is 33.7 Å². The smallest absolute Gasteiger partial charge is 0.334 e. The number of rotatable bonds is 11. The highest BCUT2D eigenvalue weighted by molar-refractivity contribution is 7.54. The number of hydrogen-bond donors (Lipinski definition) is 1. The predicted octanol–water partition coefficient (Wildman–Crippen LogP) is 1.88. The molecule has 0 aliphatic carbocycles. The van der Waals surface area contributed by atoms with Gasteiger partial charge in [-0.15, -0.1) is 0 Å². The van der Waals surface area contributed by atoms with Crippen LogP contribution >= 0.6 is 7.60 Å². The number of hydrogen-bond acceptors (Lipinski definition) is 6. The normalized spacial score (nSPS) is 13.6. The molecular formula is C13H24NO6P. The lowest BCUT2D eigenvalue weighted by Crippen LogP contribution is -2.36. The summed E-state index contributed by atoms with van der Waals surface area (Å²) in [6.07, 6.45) is 1.94. The molecule has 1 N–H and O–H groups in total. The van der Waals surface area contributed by atoms with E-state index >= 15 is 0 Å². The molecule has 7 nitrogen and oxygen atoms in total. The first-order valence-electron chi connectivity index (χ1n) is 6.84. The Bertz CT molecular complexity index is 399. The Morgan fingerprint density at radius 3 is 2.19 bits per heavy atom. The summed E-state index contributed by atoms with van der Waals surface area (Å²) in [6.45, 7) is 7.53. The number of amides is 1. The molecule has 0 rings (SSSR count). The zero-order chi connectivity index (χ0) is 16.3. The lowest BCUT2D eigenvalue weighted by molar-refractivity contribution is -0.145. The first-order valence-corrected chi connectivity index (χ1v) is 8.56.